The zero-order valence-corrected chi connectivity index (χ0v) is 12.7. The smallest absolute Gasteiger partial charge is 0.118 e. The summed E-state index contributed by atoms with van der Waals surface area (Å²) in [5.74, 6) is 1.71. The molecule has 109 valence electrons. The molecule has 0 saturated heterocycles. The van der Waals surface area contributed by atoms with Crippen LogP contribution in [0.4, 0.5) is 0 Å². The van der Waals surface area contributed by atoms with Gasteiger partial charge in [0.05, 0.1) is 14.2 Å². The number of hydrogen-bond acceptors (Lipinski definition) is 2. The Labute approximate surface area is 131 Å². The molecule has 0 aliphatic carbocycles. The van der Waals surface area contributed by atoms with E-state index in [9.17, 15) is 0 Å². The Morgan fingerprint density at radius 2 is 1.00 bits per heavy atom. The van der Waals surface area contributed by atoms with Gasteiger partial charge in [-0.25, -0.2) is 0 Å². The average molecular weight is 289 g/mol. The van der Waals surface area contributed by atoms with Crippen molar-refractivity contribution in [3.8, 4) is 33.8 Å². The topological polar surface area (TPSA) is 18.5 Å². The molecular formula is C20H17O2. The maximum Gasteiger partial charge on any atom is 0.118 e. The van der Waals surface area contributed by atoms with Crippen LogP contribution in [0.2, 0.25) is 0 Å². The van der Waals surface area contributed by atoms with Gasteiger partial charge in [0.15, 0.2) is 0 Å². The van der Waals surface area contributed by atoms with E-state index >= 15 is 0 Å². The van der Waals surface area contributed by atoms with Crippen molar-refractivity contribution in [2.45, 2.75) is 0 Å². The third-order valence-electron chi connectivity index (χ3n) is 3.60. The first-order valence-corrected chi connectivity index (χ1v) is 7.11. The molecule has 0 amide bonds. The monoisotopic (exact) mass is 289 g/mol. The summed E-state index contributed by atoms with van der Waals surface area (Å²) in [6, 6.07) is 25.7. The highest BCUT2D eigenvalue weighted by Gasteiger charge is 2.03. The minimum Gasteiger partial charge on any atom is -0.497 e. The summed E-state index contributed by atoms with van der Waals surface area (Å²) in [5, 5.41) is 0. The van der Waals surface area contributed by atoms with Gasteiger partial charge in [0.25, 0.3) is 0 Å². The van der Waals surface area contributed by atoms with Crippen molar-refractivity contribution in [1.82, 2.24) is 0 Å². The summed E-state index contributed by atoms with van der Waals surface area (Å²) < 4.78 is 10.4. The van der Waals surface area contributed by atoms with Gasteiger partial charge in [0.1, 0.15) is 11.5 Å². The molecule has 0 saturated carbocycles. The molecule has 0 fully saturated rings. The van der Waals surface area contributed by atoms with Crippen LogP contribution in [-0.2, 0) is 0 Å². The van der Waals surface area contributed by atoms with Crippen molar-refractivity contribution < 1.29 is 9.47 Å². The molecule has 0 aliphatic heterocycles. The lowest BCUT2D eigenvalue weighted by atomic mass is 9.99. The van der Waals surface area contributed by atoms with E-state index in [0.717, 1.165) is 33.8 Å². The predicted molar refractivity (Wildman–Crippen MR) is 89.3 cm³/mol. The molecule has 1 radical (unpaired) electrons. The summed E-state index contributed by atoms with van der Waals surface area (Å²) in [6.45, 7) is 0. The molecule has 3 aromatic carbocycles. The van der Waals surface area contributed by atoms with Gasteiger partial charge >= 0.3 is 0 Å². The molecule has 0 heterocycles. The first-order valence-electron chi connectivity index (χ1n) is 7.11. The number of hydrogen-bond donors (Lipinski definition) is 0. The first-order chi connectivity index (χ1) is 10.8. The van der Waals surface area contributed by atoms with E-state index in [1.807, 2.05) is 48.5 Å². The molecule has 22 heavy (non-hydrogen) atoms. The summed E-state index contributed by atoms with van der Waals surface area (Å²) in [5.41, 5.74) is 4.37. The second-order valence-electron chi connectivity index (χ2n) is 4.94. The lowest BCUT2D eigenvalue weighted by Crippen LogP contribution is -1.85. The van der Waals surface area contributed by atoms with Crippen molar-refractivity contribution in [3.63, 3.8) is 0 Å². The van der Waals surface area contributed by atoms with Gasteiger partial charge in [-0.2, -0.15) is 0 Å². The highest BCUT2D eigenvalue weighted by Crippen LogP contribution is 2.27. The Kier molecular flexibility index (Phi) is 4.10. The number of ether oxygens (including phenoxy) is 2. The van der Waals surface area contributed by atoms with Gasteiger partial charge in [-0.3, -0.25) is 0 Å². The fourth-order valence-corrected chi connectivity index (χ4v) is 2.35. The van der Waals surface area contributed by atoms with Crippen LogP contribution in [0.15, 0.2) is 66.7 Å². The van der Waals surface area contributed by atoms with E-state index in [4.69, 9.17) is 9.47 Å². The highest BCUT2D eigenvalue weighted by atomic mass is 16.5. The minimum absolute atomic E-state index is 0.857. The van der Waals surface area contributed by atoms with Crippen LogP contribution in [0, 0.1) is 6.07 Å². The lowest BCUT2D eigenvalue weighted by molar-refractivity contribution is 0.415. The van der Waals surface area contributed by atoms with E-state index < -0.39 is 0 Å². The van der Waals surface area contributed by atoms with E-state index in [1.165, 1.54) is 0 Å². The van der Waals surface area contributed by atoms with Gasteiger partial charge in [-0.05, 0) is 52.6 Å². The van der Waals surface area contributed by atoms with Crippen LogP contribution in [-0.4, -0.2) is 14.2 Å². The Bertz CT molecular complexity index is 681. The molecular weight excluding hydrogens is 272 g/mol. The average Bonchev–Trinajstić information content (AvgIpc) is 2.62. The van der Waals surface area contributed by atoms with Crippen LogP contribution in [0.3, 0.4) is 0 Å². The highest BCUT2D eigenvalue weighted by molar-refractivity contribution is 5.72. The van der Waals surface area contributed by atoms with Crippen LogP contribution < -0.4 is 9.47 Å². The second-order valence-corrected chi connectivity index (χ2v) is 4.94. The first kappa shape index (κ1) is 14.2. The summed E-state index contributed by atoms with van der Waals surface area (Å²) in [4.78, 5) is 0. The molecule has 3 rings (SSSR count). The molecule has 2 heteroatoms. The standard InChI is InChI=1S/C20H17O2/c1-21-19-10-6-15(7-11-19)17-4-3-5-18(14-17)16-8-12-20(22-2)13-9-16/h3-13H,1-2H3. The Morgan fingerprint density at radius 1 is 0.591 bits per heavy atom. The van der Waals surface area contributed by atoms with E-state index in [0.29, 0.717) is 0 Å². The van der Waals surface area contributed by atoms with Gasteiger partial charge in [0, 0.05) is 0 Å². The molecule has 0 unspecified atom stereocenters. The molecule has 0 N–H and O–H groups in total. The summed E-state index contributed by atoms with van der Waals surface area (Å²) in [6.07, 6.45) is 0. The fraction of sp³-hybridized carbons (Fsp3) is 0.100. The number of methoxy groups -OCH3 is 2. The van der Waals surface area contributed by atoms with Crippen molar-refractivity contribution in [1.29, 1.82) is 0 Å². The van der Waals surface area contributed by atoms with E-state index in [2.05, 4.69) is 24.3 Å². The van der Waals surface area contributed by atoms with Gasteiger partial charge in [-0.1, -0.05) is 42.5 Å². The third-order valence-corrected chi connectivity index (χ3v) is 3.60. The molecule has 0 aromatic heterocycles. The van der Waals surface area contributed by atoms with Gasteiger partial charge in [0.2, 0.25) is 0 Å². The maximum atomic E-state index is 5.20. The van der Waals surface area contributed by atoms with Crippen LogP contribution >= 0.6 is 0 Å². The van der Waals surface area contributed by atoms with Crippen molar-refractivity contribution >= 4 is 0 Å². The number of benzene rings is 3. The fourth-order valence-electron chi connectivity index (χ4n) is 2.35. The lowest BCUT2D eigenvalue weighted by Gasteiger charge is -2.07. The maximum absolute atomic E-state index is 5.20. The van der Waals surface area contributed by atoms with Crippen molar-refractivity contribution in [3.05, 3.63) is 72.8 Å². The predicted octanol–water partition coefficient (Wildman–Crippen LogP) is 4.84. The Balaban J connectivity index is 1.93. The van der Waals surface area contributed by atoms with Gasteiger partial charge < -0.3 is 9.47 Å². The summed E-state index contributed by atoms with van der Waals surface area (Å²) >= 11 is 0. The molecule has 0 atom stereocenters. The zero-order chi connectivity index (χ0) is 15.4. The molecule has 0 spiro atoms. The quantitative estimate of drug-likeness (QED) is 0.684. The van der Waals surface area contributed by atoms with Crippen LogP contribution in [0.1, 0.15) is 0 Å². The zero-order valence-electron chi connectivity index (χ0n) is 12.7. The normalized spacial score (nSPS) is 10.3. The largest absolute Gasteiger partial charge is 0.497 e. The molecule has 0 bridgehead atoms. The van der Waals surface area contributed by atoms with Crippen LogP contribution in [0.5, 0.6) is 11.5 Å². The summed E-state index contributed by atoms with van der Waals surface area (Å²) in [7, 11) is 3.34. The van der Waals surface area contributed by atoms with Crippen molar-refractivity contribution in [2.24, 2.45) is 0 Å². The van der Waals surface area contributed by atoms with E-state index in [1.54, 1.807) is 14.2 Å². The molecule has 2 nitrogen and oxygen atoms in total. The minimum atomic E-state index is 0.857. The molecule has 3 aromatic rings. The number of rotatable bonds is 4. The Hall–Kier alpha value is -2.74. The Morgan fingerprint density at radius 3 is 1.36 bits per heavy atom. The molecule has 0 aliphatic rings. The van der Waals surface area contributed by atoms with Gasteiger partial charge in [-0.15, -0.1) is 0 Å². The van der Waals surface area contributed by atoms with Crippen molar-refractivity contribution in [2.75, 3.05) is 14.2 Å². The SMILES string of the molecule is COc1ccc(-c2[c]c(-c3ccc(OC)cc3)ccc2)cc1. The third kappa shape index (κ3) is 2.96. The second kappa shape index (κ2) is 6.35. The van der Waals surface area contributed by atoms with E-state index in [-0.39, 0.29) is 0 Å². The van der Waals surface area contributed by atoms with Crippen LogP contribution in [0.25, 0.3) is 22.3 Å².